The van der Waals surface area contributed by atoms with Crippen LogP contribution in [0, 0.1) is 17.8 Å². The van der Waals surface area contributed by atoms with E-state index < -0.39 is 0 Å². The molecule has 72 valence electrons. The van der Waals surface area contributed by atoms with E-state index in [1.165, 1.54) is 19.3 Å². The minimum atomic E-state index is -0.0599. The number of aliphatic hydroxyl groups excluding tert-OH is 1. The van der Waals surface area contributed by atoms with Crippen LogP contribution in [0.2, 0.25) is 0 Å². The molecule has 1 nitrogen and oxygen atoms in total. The van der Waals surface area contributed by atoms with E-state index in [4.69, 9.17) is 0 Å². The number of aliphatic hydroxyl groups is 1. The maximum absolute atomic E-state index is 9.82. The zero-order valence-electron chi connectivity index (χ0n) is 8.59. The van der Waals surface area contributed by atoms with Gasteiger partial charge in [0, 0.05) is 0 Å². The van der Waals surface area contributed by atoms with Crippen LogP contribution in [0.3, 0.4) is 0 Å². The van der Waals surface area contributed by atoms with Gasteiger partial charge in [-0.05, 0) is 24.2 Å². The van der Waals surface area contributed by atoms with Crippen molar-refractivity contribution in [1.82, 2.24) is 0 Å². The lowest BCUT2D eigenvalue weighted by Gasteiger charge is -2.37. The Balaban J connectivity index is 2.56. The monoisotopic (exact) mass is 170 g/mol. The maximum Gasteiger partial charge on any atom is 0.0570 e. The lowest BCUT2D eigenvalue weighted by molar-refractivity contribution is 0.0185. The zero-order chi connectivity index (χ0) is 9.14. The molecule has 0 aromatic carbocycles. The summed E-state index contributed by atoms with van der Waals surface area (Å²) >= 11 is 0. The predicted molar refractivity (Wildman–Crippen MR) is 52.0 cm³/mol. The minimum Gasteiger partial charge on any atom is -0.393 e. The van der Waals surface area contributed by atoms with Crippen molar-refractivity contribution in [3.8, 4) is 0 Å². The fraction of sp³-hybridized carbons (Fsp3) is 1.00. The van der Waals surface area contributed by atoms with Crippen molar-refractivity contribution in [3.63, 3.8) is 0 Å². The molecule has 1 rings (SSSR count). The van der Waals surface area contributed by atoms with Crippen LogP contribution in [0.4, 0.5) is 0 Å². The van der Waals surface area contributed by atoms with Crippen molar-refractivity contribution in [2.24, 2.45) is 17.8 Å². The van der Waals surface area contributed by atoms with Gasteiger partial charge in [0.2, 0.25) is 0 Å². The minimum absolute atomic E-state index is 0.0599. The van der Waals surface area contributed by atoms with E-state index in [0.717, 1.165) is 18.3 Å². The fourth-order valence-electron chi connectivity index (χ4n) is 2.74. The van der Waals surface area contributed by atoms with E-state index in [1.54, 1.807) is 0 Å². The van der Waals surface area contributed by atoms with Crippen LogP contribution < -0.4 is 0 Å². The molecule has 0 aromatic rings. The van der Waals surface area contributed by atoms with Crippen molar-refractivity contribution >= 4 is 0 Å². The Kier molecular flexibility index (Phi) is 3.57. The molecular formula is C11H22O. The van der Waals surface area contributed by atoms with Gasteiger partial charge in [0.05, 0.1) is 6.10 Å². The van der Waals surface area contributed by atoms with Crippen LogP contribution in [0.1, 0.15) is 46.5 Å². The summed E-state index contributed by atoms with van der Waals surface area (Å²) in [6.07, 6.45) is 4.84. The highest BCUT2D eigenvalue weighted by atomic mass is 16.3. The first kappa shape index (κ1) is 10.0. The van der Waals surface area contributed by atoms with Gasteiger partial charge in [-0.2, -0.15) is 0 Å². The third-order valence-corrected chi connectivity index (χ3v) is 3.50. The average Bonchev–Trinajstić information content (AvgIpc) is 2.03. The van der Waals surface area contributed by atoms with Crippen LogP contribution in [-0.4, -0.2) is 11.2 Å². The van der Waals surface area contributed by atoms with E-state index in [9.17, 15) is 5.11 Å². The van der Waals surface area contributed by atoms with Crippen molar-refractivity contribution in [3.05, 3.63) is 0 Å². The normalized spacial score (nSPS) is 39.5. The lowest BCUT2D eigenvalue weighted by atomic mass is 9.70. The topological polar surface area (TPSA) is 20.2 Å². The molecule has 0 heterocycles. The molecule has 0 radical (unpaired) electrons. The van der Waals surface area contributed by atoms with Gasteiger partial charge in [-0.15, -0.1) is 0 Å². The Morgan fingerprint density at radius 3 is 2.17 bits per heavy atom. The highest BCUT2D eigenvalue weighted by Gasteiger charge is 2.31. The number of hydrogen-bond donors (Lipinski definition) is 1. The van der Waals surface area contributed by atoms with Gasteiger partial charge in [0.15, 0.2) is 0 Å². The summed E-state index contributed by atoms with van der Waals surface area (Å²) in [5, 5.41) is 9.82. The Morgan fingerprint density at radius 1 is 1.25 bits per heavy atom. The molecule has 1 N–H and O–H groups in total. The van der Waals surface area contributed by atoms with Crippen LogP contribution in [0.25, 0.3) is 0 Å². The molecule has 12 heavy (non-hydrogen) atoms. The second-order valence-corrected chi connectivity index (χ2v) is 4.44. The Morgan fingerprint density at radius 2 is 1.75 bits per heavy atom. The molecule has 1 aliphatic rings. The smallest absolute Gasteiger partial charge is 0.0570 e. The number of rotatable bonds is 2. The molecule has 0 aromatic heterocycles. The van der Waals surface area contributed by atoms with Gasteiger partial charge >= 0.3 is 0 Å². The summed E-state index contributed by atoms with van der Waals surface area (Å²) in [6.45, 7) is 6.66. The van der Waals surface area contributed by atoms with Crippen LogP contribution in [0.5, 0.6) is 0 Å². The third kappa shape index (κ3) is 2.01. The zero-order valence-corrected chi connectivity index (χ0v) is 8.59. The van der Waals surface area contributed by atoms with Crippen LogP contribution in [0.15, 0.2) is 0 Å². The van der Waals surface area contributed by atoms with Crippen LogP contribution in [-0.2, 0) is 0 Å². The van der Waals surface area contributed by atoms with Gasteiger partial charge in [-0.3, -0.25) is 0 Å². The summed E-state index contributed by atoms with van der Waals surface area (Å²) < 4.78 is 0. The Hall–Kier alpha value is -0.0400. The van der Waals surface area contributed by atoms with E-state index in [0.29, 0.717) is 5.92 Å². The lowest BCUT2D eigenvalue weighted by Crippen LogP contribution is -2.34. The molecule has 1 aliphatic carbocycles. The largest absolute Gasteiger partial charge is 0.393 e. The fourth-order valence-corrected chi connectivity index (χ4v) is 2.74. The molecule has 0 saturated heterocycles. The average molecular weight is 170 g/mol. The van der Waals surface area contributed by atoms with Gasteiger partial charge in [0.1, 0.15) is 0 Å². The molecule has 1 fully saturated rings. The molecule has 1 heteroatoms. The highest BCUT2D eigenvalue weighted by molar-refractivity contribution is 4.82. The SMILES string of the molecule is CCC(O)C1C(C)CCCC1C. The van der Waals surface area contributed by atoms with Crippen molar-refractivity contribution < 1.29 is 5.11 Å². The maximum atomic E-state index is 9.82. The van der Waals surface area contributed by atoms with E-state index in [1.807, 2.05) is 0 Å². The molecule has 3 atom stereocenters. The van der Waals surface area contributed by atoms with Gasteiger partial charge in [-0.25, -0.2) is 0 Å². The molecular weight excluding hydrogens is 148 g/mol. The molecule has 0 bridgehead atoms. The molecule has 0 spiro atoms. The standard InChI is InChI=1S/C11H22O/c1-4-10(12)11-8(2)6-5-7-9(11)3/h8-12H,4-7H2,1-3H3. The second kappa shape index (κ2) is 4.27. The number of hydrogen-bond acceptors (Lipinski definition) is 1. The summed E-state index contributed by atoms with van der Waals surface area (Å²) in [5.74, 6) is 2.01. The first-order valence-corrected chi connectivity index (χ1v) is 5.34. The second-order valence-electron chi connectivity index (χ2n) is 4.44. The van der Waals surface area contributed by atoms with Crippen LogP contribution >= 0.6 is 0 Å². The highest BCUT2D eigenvalue weighted by Crippen LogP contribution is 2.37. The molecule has 0 amide bonds. The van der Waals surface area contributed by atoms with Gasteiger partial charge in [0.25, 0.3) is 0 Å². The Labute approximate surface area is 76.2 Å². The van der Waals surface area contributed by atoms with E-state index in [2.05, 4.69) is 20.8 Å². The predicted octanol–water partition coefficient (Wildman–Crippen LogP) is 2.83. The summed E-state index contributed by atoms with van der Waals surface area (Å²) in [7, 11) is 0. The van der Waals surface area contributed by atoms with Crippen molar-refractivity contribution in [1.29, 1.82) is 0 Å². The van der Waals surface area contributed by atoms with Crippen molar-refractivity contribution in [2.75, 3.05) is 0 Å². The third-order valence-electron chi connectivity index (χ3n) is 3.50. The quantitative estimate of drug-likeness (QED) is 0.675. The van der Waals surface area contributed by atoms with E-state index >= 15 is 0 Å². The molecule has 1 saturated carbocycles. The summed E-state index contributed by atoms with van der Waals surface area (Å²) in [6, 6.07) is 0. The molecule has 3 unspecified atom stereocenters. The summed E-state index contributed by atoms with van der Waals surface area (Å²) in [5.41, 5.74) is 0. The summed E-state index contributed by atoms with van der Waals surface area (Å²) in [4.78, 5) is 0. The first-order chi connectivity index (χ1) is 5.66. The van der Waals surface area contributed by atoms with Gasteiger partial charge in [-0.1, -0.05) is 40.0 Å². The van der Waals surface area contributed by atoms with E-state index in [-0.39, 0.29) is 6.10 Å². The van der Waals surface area contributed by atoms with Gasteiger partial charge < -0.3 is 5.11 Å². The van der Waals surface area contributed by atoms with Crippen molar-refractivity contribution in [2.45, 2.75) is 52.6 Å². The molecule has 0 aliphatic heterocycles. The first-order valence-electron chi connectivity index (χ1n) is 5.34. The Bertz CT molecular complexity index is 117.